The summed E-state index contributed by atoms with van der Waals surface area (Å²) >= 11 is 1.73. The molecule has 0 spiro atoms. The highest BCUT2D eigenvalue weighted by atomic mass is 32.2. The Hall–Kier alpha value is -2.39. The fourth-order valence-corrected chi connectivity index (χ4v) is 3.40. The standard InChI is InChI=1S/C19H24N6O2S/c1-28-12-15-10-17(25-6-8-27-9-7-25)24-18(21-15)13-2-5-16(20-11-13)23-19(26)22-14-3-4-14/h2,5,10-11,14H,3-4,6-9,12H2,1H3,(H2,20,22,23,26). The van der Waals surface area contributed by atoms with E-state index in [0.717, 1.165) is 48.8 Å². The van der Waals surface area contributed by atoms with Crippen LogP contribution in [0.3, 0.4) is 0 Å². The SMILES string of the molecule is CSCc1cc(N2CCOCC2)nc(-c2ccc(NC(=O)NC3CC3)nc2)n1. The molecule has 2 aromatic heterocycles. The van der Waals surface area contributed by atoms with Crippen LogP contribution in [-0.4, -0.2) is 59.6 Å². The maximum atomic E-state index is 11.8. The fourth-order valence-electron chi connectivity index (χ4n) is 2.95. The summed E-state index contributed by atoms with van der Waals surface area (Å²) in [6.45, 7) is 3.07. The zero-order valence-electron chi connectivity index (χ0n) is 15.9. The van der Waals surface area contributed by atoms with E-state index in [1.54, 1.807) is 24.0 Å². The number of ether oxygens (including phenoxy) is 1. The van der Waals surface area contributed by atoms with Crippen molar-refractivity contribution in [3.8, 4) is 11.4 Å². The quantitative estimate of drug-likeness (QED) is 0.770. The second kappa shape index (κ2) is 8.74. The molecule has 2 N–H and O–H groups in total. The lowest BCUT2D eigenvalue weighted by molar-refractivity contribution is 0.122. The normalized spacial score (nSPS) is 16.7. The van der Waals surface area contributed by atoms with Crippen LogP contribution >= 0.6 is 11.8 Å². The van der Waals surface area contributed by atoms with E-state index in [4.69, 9.17) is 14.7 Å². The molecule has 4 rings (SSSR count). The van der Waals surface area contributed by atoms with Gasteiger partial charge in [-0.25, -0.2) is 19.7 Å². The van der Waals surface area contributed by atoms with Crippen molar-refractivity contribution in [1.29, 1.82) is 0 Å². The topological polar surface area (TPSA) is 92.3 Å². The minimum absolute atomic E-state index is 0.212. The van der Waals surface area contributed by atoms with Gasteiger partial charge in [-0.3, -0.25) is 5.32 Å². The third-order valence-corrected chi connectivity index (χ3v) is 5.15. The van der Waals surface area contributed by atoms with Gasteiger partial charge in [-0.05, 0) is 31.2 Å². The van der Waals surface area contributed by atoms with Crippen molar-refractivity contribution in [3.05, 3.63) is 30.1 Å². The van der Waals surface area contributed by atoms with E-state index in [1.807, 2.05) is 6.07 Å². The molecule has 0 radical (unpaired) electrons. The number of aromatic nitrogens is 3. The van der Waals surface area contributed by atoms with Crippen LogP contribution in [0, 0.1) is 0 Å². The predicted molar refractivity (Wildman–Crippen MR) is 111 cm³/mol. The number of hydrogen-bond donors (Lipinski definition) is 2. The second-order valence-corrected chi connectivity index (χ2v) is 7.74. The lowest BCUT2D eigenvalue weighted by atomic mass is 10.2. The number of thioether (sulfide) groups is 1. The van der Waals surface area contributed by atoms with Gasteiger partial charge >= 0.3 is 6.03 Å². The predicted octanol–water partition coefficient (Wildman–Crippen LogP) is 2.52. The Labute approximate surface area is 168 Å². The Morgan fingerprint density at radius 3 is 2.79 bits per heavy atom. The van der Waals surface area contributed by atoms with Gasteiger partial charge in [-0.1, -0.05) is 0 Å². The van der Waals surface area contributed by atoms with E-state index < -0.39 is 0 Å². The second-order valence-electron chi connectivity index (χ2n) is 6.88. The monoisotopic (exact) mass is 400 g/mol. The molecular formula is C19H24N6O2S. The molecule has 2 amide bonds. The molecule has 0 aromatic carbocycles. The zero-order valence-corrected chi connectivity index (χ0v) is 16.7. The summed E-state index contributed by atoms with van der Waals surface area (Å²) in [6.07, 6.45) is 5.86. The van der Waals surface area contributed by atoms with Crippen molar-refractivity contribution >= 4 is 29.4 Å². The number of hydrogen-bond acceptors (Lipinski definition) is 7. The third kappa shape index (κ3) is 4.90. The molecule has 28 heavy (non-hydrogen) atoms. The van der Waals surface area contributed by atoms with Crippen LogP contribution < -0.4 is 15.5 Å². The summed E-state index contributed by atoms with van der Waals surface area (Å²) in [4.78, 5) is 27.9. The minimum Gasteiger partial charge on any atom is -0.378 e. The summed E-state index contributed by atoms with van der Waals surface area (Å²) in [7, 11) is 0. The Morgan fingerprint density at radius 1 is 1.29 bits per heavy atom. The molecule has 2 fully saturated rings. The number of carbonyl (C=O) groups is 1. The first kappa shape index (κ1) is 18.9. The number of nitrogens with one attached hydrogen (secondary N) is 2. The minimum atomic E-state index is -0.212. The molecule has 8 nitrogen and oxygen atoms in total. The molecule has 148 valence electrons. The summed E-state index contributed by atoms with van der Waals surface area (Å²) in [5.41, 5.74) is 1.82. The average molecular weight is 401 g/mol. The number of amides is 2. The lowest BCUT2D eigenvalue weighted by Gasteiger charge is -2.28. The number of pyridine rings is 1. The van der Waals surface area contributed by atoms with Gasteiger partial charge in [0.2, 0.25) is 0 Å². The first-order valence-corrected chi connectivity index (χ1v) is 10.8. The Balaban J connectivity index is 1.52. The van der Waals surface area contributed by atoms with Gasteiger partial charge in [0.15, 0.2) is 5.82 Å². The first-order chi connectivity index (χ1) is 13.7. The highest BCUT2D eigenvalue weighted by molar-refractivity contribution is 7.97. The van der Waals surface area contributed by atoms with Crippen molar-refractivity contribution in [1.82, 2.24) is 20.3 Å². The van der Waals surface area contributed by atoms with Crippen LogP contribution in [0.25, 0.3) is 11.4 Å². The summed E-state index contributed by atoms with van der Waals surface area (Å²) in [5, 5.41) is 5.64. The summed E-state index contributed by atoms with van der Waals surface area (Å²) in [5.74, 6) is 2.90. The molecule has 1 saturated heterocycles. The number of carbonyl (C=O) groups excluding carboxylic acids is 1. The van der Waals surface area contributed by atoms with Crippen LogP contribution in [0.15, 0.2) is 24.4 Å². The fraction of sp³-hybridized carbons (Fsp3) is 0.474. The van der Waals surface area contributed by atoms with Crippen molar-refractivity contribution in [2.45, 2.75) is 24.6 Å². The molecule has 2 aliphatic rings. The van der Waals surface area contributed by atoms with Gasteiger partial charge in [-0.2, -0.15) is 11.8 Å². The molecule has 2 aromatic rings. The smallest absolute Gasteiger partial charge is 0.320 e. The third-order valence-electron chi connectivity index (χ3n) is 4.57. The number of rotatable bonds is 6. The van der Waals surface area contributed by atoms with Gasteiger partial charge in [-0.15, -0.1) is 0 Å². The maximum absolute atomic E-state index is 11.8. The molecule has 0 unspecified atom stereocenters. The van der Waals surface area contributed by atoms with Crippen LogP contribution in [0.1, 0.15) is 18.5 Å². The molecule has 1 saturated carbocycles. The van der Waals surface area contributed by atoms with Gasteiger partial charge < -0.3 is 15.0 Å². The van der Waals surface area contributed by atoms with Crippen molar-refractivity contribution in [2.24, 2.45) is 0 Å². The van der Waals surface area contributed by atoms with Crippen molar-refractivity contribution in [3.63, 3.8) is 0 Å². The van der Waals surface area contributed by atoms with Crippen molar-refractivity contribution in [2.75, 3.05) is 42.8 Å². The molecular weight excluding hydrogens is 376 g/mol. The van der Waals surface area contributed by atoms with E-state index >= 15 is 0 Å². The Kier molecular flexibility index (Phi) is 5.92. The molecule has 9 heteroatoms. The molecule has 1 aliphatic carbocycles. The van der Waals surface area contributed by atoms with E-state index in [2.05, 4.69) is 32.8 Å². The zero-order chi connectivity index (χ0) is 19.3. The van der Waals surface area contributed by atoms with Gasteiger partial charge in [0.1, 0.15) is 11.6 Å². The Morgan fingerprint density at radius 2 is 2.11 bits per heavy atom. The first-order valence-electron chi connectivity index (χ1n) is 9.45. The maximum Gasteiger partial charge on any atom is 0.320 e. The van der Waals surface area contributed by atoms with E-state index in [0.29, 0.717) is 30.9 Å². The van der Waals surface area contributed by atoms with Crippen LogP contribution in [0.4, 0.5) is 16.4 Å². The van der Waals surface area contributed by atoms with Crippen LogP contribution in [0.5, 0.6) is 0 Å². The molecule has 1 aliphatic heterocycles. The molecule has 0 bridgehead atoms. The van der Waals surface area contributed by atoms with Gasteiger partial charge in [0, 0.05) is 42.7 Å². The largest absolute Gasteiger partial charge is 0.378 e. The molecule has 3 heterocycles. The van der Waals surface area contributed by atoms with E-state index in [-0.39, 0.29) is 6.03 Å². The highest BCUT2D eigenvalue weighted by Crippen LogP contribution is 2.23. The highest BCUT2D eigenvalue weighted by Gasteiger charge is 2.23. The van der Waals surface area contributed by atoms with E-state index in [1.165, 1.54) is 0 Å². The summed E-state index contributed by atoms with van der Waals surface area (Å²) in [6, 6.07) is 5.82. The number of nitrogens with zero attached hydrogens (tertiary/aromatic N) is 4. The number of anilines is 2. The Bertz CT molecular complexity index is 822. The molecule has 0 atom stereocenters. The average Bonchev–Trinajstić information content (AvgIpc) is 3.53. The summed E-state index contributed by atoms with van der Waals surface area (Å²) < 4.78 is 5.45. The van der Waals surface area contributed by atoms with Gasteiger partial charge in [0.25, 0.3) is 0 Å². The van der Waals surface area contributed by atoms with Crippen LogP contribution in [0.2, 0.25) is 0 Å². The number of urea groups is 1. The lowest BCUT2D eigenvalue weighted by Crippen LogP contribution is -2.37. The number of morpholine rings is 1. The van der Waals surface area contributed by atoms with Crippen LogP contribution in [-0.2, 0) is 10.5 Å². The van der Waals surface area contributed by atoms with Gasteiger partial charge in [0.05, 0.1) is 18.9 Å². The van der Waals surface area contributed by atoms with E-state index in [9.17, 15) is 4.79 Å². The van der Waals surface area contributed by atoms with Crippen molar-refractivity contribution < 1.29 is 9.53 Å².